The van der Waals surface area contributed by atoms with Crippen LogP contribution in [0.4, 0.5) is 17.6 Å². The largest absolute Gasteiger partial charge is 0.496 e. The van der Waals surface area contributed by atoms with Gasteiger partial charge < -0.3 is 14.1 Å². The van der Waals surface area contributed by atoms with Crippen molar-refractivity contribution in [1.82, 2.24) is 4.90 Å². The Morgan fingerprint density at radius 2 is 1.89 bits per heavy atom. The van der Waals surface area contributed by atoms with Gasteiger partial charge in [0, 0.05) is 41.6 Å². The SMILES string of the molecule is COc1ccccc1-c1cc(C2=CCCN(C(=O)CCC3(C)C=C3)C2)c(F)c2cc(C(F)(F)F)oc12. The zero-order chi connectivity index (χ0) is 25.7. The van der Waals surface area contributed by atoms with Crippen molar-refractivity contribution >= 4 is 22.4 Å². The summed E-state index contributed by atoms with van der Waals surface area (Å²) in [6.07, 6.45) is 2.81. The molecule has 1 aliphatic heterocycles. The smallest absolute Gasteiger partial charge is 0.449 e. The number of benzene rings is 2. The van der Waals surface area contributed by atoms with E-state index in [1.165, 1.54) is 13.2 Å². The number of ether oxygens (including phenoxy) is 1. The number of para-hydroxylation sites is 1. The van der Waals surface area contributed by atoms with Crippen molar-refractivity contribution in [2.45, 2.75) is 32.4 Å². The van der Waals surface area contributed by atoms with Gasteiger partial charge in [0.2, 0.25) is 11.7 Å². The zero-order valence-corrected chi connectivity index (χ0v) is 19.9. The Morgan fingerprint density at radius 3 is 2.58 bits per heavy atom. The molecule has 188 valence electrons. The molecule has 0 radical (unpaired) electrons. The minimum Gasteiger partial charge on any atom is -0.496 e. The van der Waals surface area contributed by atoms with Gasteiger partial charge in [-0.2, -0.15) is 13.2 Å². The molecule has 2 aliphatic rings. The second kappa shape index (κ2) is 8.84. The lowest BCUT2D eigenvalue weighted by Crippen LogP contribution is -2.35. The van der Waals surface area contributed by atoms with Crippen LogP contribution < -0.4 is 4.74 Å². The van der Waals surface area contributed by atoms with E-state index in [4.69, 9.17) is 9.15 Å². The molecular weight excluding hydrogens is 474 g/mol. The number of allylic oxidation sites excluding steroid dienone is 2. The minimum atomic E-state index is -4.77. The molecule has 1 amide bonds. The predicted molar refractivity (Wildman–Crippen MR) is 129 cm³/mol. The molecule has 1 aromatic heterocycles. The number of nitrogens with zero attached hydrogens (tertiary/aromatic N) is 1. The van der Waals surface area contributed by atoms with Crippen molar-refractivity contribution in [3.63, 3.8) is 0 Å². The fourth-order valence-electron chi connectivity index (χ4n) is 4.61. The van der Waals surface area contributed by atoms with Gasteiger partial charge in [0.1, 0.15) is 17.1 Å². The molecular formula is C28H25F4NO3. The van der Waals surface area contributed by atoms with Crippen molar-refractivity contribution in [3.8, 4) is 16.9 Å². The van der Waals surface area contributed by atoms with Crippen LogP contribution >= 0.6 is 0 Å². The quantitative estimate of drug-likeness (QED) is 0.265. The van der Waals surface area contributed by atoms with E-state index in [-0.39, 0.29) is 40.0 Å². The second-order valence-electron chi connectivity index (χ2n) is 9.51. The molecule has 0 saturated heterocycles. The van der Waals surface area contributed by atoms with Gasteiger partial charge in [-0.05, 0) is 36.6 Å². The maximum absolute atomic E-state index is 15.8. The van der Waals surface area contributed by atoms with Gasteiger partial charge in [-0.15, -0.1) is 0 Å². The van der Waals surface area contributed by atoms with Crippen LogP contribution in [-0.4, -0.2) is 31.0 Å². The van der Waals surface area contributed by atoms with E-state index in [0.717, 1.165) is 6.42 Å². The summed E-state index contributed by atoms with van der Waals surface area (Å²) >= 11 is 0. The van der Waals surface area contributed by atoms with Crippen molar-refractivity contribution in [3.05, 3.63) is 71.8 Å². The van der Waals surface area contributed by atoms with E-state index in [0.29, 0.717) is 42.3 Å². The molecule has 0 atom stereocenters. The average Bonchev–Trinajstić information content (AvgIpc) is 3.41. The van der Waals surface area contributed by atoms with Crippen LogP contribution in [0.1, 0.15) is 37.5 Å². The summed E-state index contributed by atoms with van der Waals surface area (Å²) in [6, 6.07) is 9.00. The molecule has 0 saturated carbocycles. The summed E-state index contributed by atoms with van der Waals surface area (Å²) in [4.78, 5) is 14.5. The fraction of sp³-hybridized carbons (Fsp3) is 0.321. The number of furan rings is 1. The van der Waals surface area contributed by atoms with Crippen molar-refractivity contribution < 1.29 is 31.5 Å². The molecule has 0 bridgehead atoms. The van der Waals surface area contributed by atoms with Gasteiger partial charge >= 0.3 is 6.18 Å². The lowest BCUT2D eigenvalue weighted by Gasteiger charge is -2.28. The Morgan fingerprint density at radius 1 is 1.14 bits per heavy atom. The maximum atomic E-state index is 15.8. The van der Waals surface area contributed by atoms with E-state index in [1.54, 1.807) is 29.2 Å². The minimum absolute atomic E-state index is 0.00236. The van der Waals surface area contributed by atoms with E-state index in [1.807, 2.05) is 6.08 Å². The molecule has 4 nitrogen and oxygen atoms in total. The molecule has 0 spiro atoms. The Bertz CT molecular complexity index is 1390. The third-order valence-corrected chi connectivity index (χ3v) is 6.88. The third kappa shape index (κ3) is 4.52. The Labute approximate surface area is 205 Å². The van der Waals surface area contributed by atoms with Crippen molar-refractivity contribution in [1.29, 1.82) is 0 Å². The van der Waals surface area contributed by atoms with E-state index in [9.17, 15) is 18.0 Å². The molecule has 0 fully saturated rings. The van der Waals surface area contributed by atoms with E-state index >= 15 is 4.39 Å². The summed E-state index contributed by atoms with van der Waals surface area (Å²) < 4.78 is 66.8. The van der Waals surface area contributed by atoms with Gasteiger partial charge in [0.05, 0.1) is 12.5 Å². The molecule has 8 heteroatoms. The van der Waals surface area contributed by atoms with Gasteiger partial charge in [-0.3, -0.25) is 4.79 Å². The number of fused-ring (bicyclic) bond motifs is 1. The van der Waals surface area contributed by atoms with Gasteiger partial charge in [-0.25, -0.2) is 4.39 Å². The molecule has 2 aromatic carbocycles. The predicted octanol–water partition coefficient (Wildman–Crippen LogP) is 7.24. The first-order chi connectivity index (χ1) is 17.1. The highest BCUT2D eigenvalue weighted by Crippen LogP contribution is 2.44. The molecule has 0 unspecified atom stereocenters. The first-order valence-corrected chi connectivity index (χ1v) is 11.7. The fourth-order valence-corrected chi connectivity index (χ4v) is 4.61. The maximum Gasteiger partial charge on any atom is 0.449 e. The Hall–Kier alpha value is -3.55. The normalized spacial score (nSPS) is 16.8. The van der Waals surface area contributed by atoms with Crippen LogP contribution in [0.25, 0.3) is 27.7 Å². The van der Waals surface area contributed by atoms with E-state index < -0.39 is 17.8 Å². The van der Waals surface area contributed by atoms with Gasteiger partial charge in [0.15, 0.2) is 0 Å². The molecule has 1 aliphatic carbocycles. The van der Waals surface area contributed by atoms with Crippen LogP contribution in [-0.2, 0) is 11.0 Å². The lowest BCUT2D eigenvalue weighted by molar-refractivity contribution is -0.152. The number of alkyl halides is 3. The average molecular weight is 500 g/mol. The number of rotatable bonds is 6. The van der Waals surface area contributed by atoms with Gasteiger partial charge in [-0.1, -0.05) is 43.4 Å². The number of carbonyl (C=O) groups excluding carboxylic acids is 1. The molecule has 3 aromatic rings. The first kappa shape index (κ1) is 24.2. The number of halogens is 4. The van der Waals surface area contributed by atoms with Crippen LogP contribution in [0.5, 0.6) is 5.75 Å². The highest BCUT2D eigenvalue weighted by atomic mass is 19.4. The van der Waals surface area contributed by atoms with Gasteiger partial charge in [0.25, 0.3) is 0 Å². The second-order valence-corrected chi connectivity index (χ2v) is 9.51. The number of carbonyl (C=O) groups is 1. The van der Waals surface area contributed by atoms with Crippen LogP contribution in [0.3, 0.4) is 0 Å². The molecule has 2 heterocycles. The highest BCUT2D eigenvalue weighted by Gasteiger charge is 2.37. The molecule has 0 N–H and O–H groups in total. The van der Waals surface area contributed by atoms with Crippen molar-refractivity contribution in [2.24, 2.45) is 5.41 Å². The summed E-state index contributed by atoms with van der Waals surface area (Å²) in [5, 5.41) is -0.266. The Kier molecular flexibility index (Phi) is 5.93. The number of hydrogen-bond acceptors (Lipinski definition) is 3. The number of hydrogen-bond donors (Lipinski definition) is 0. The third-order valence-electron chi connectivity index (χ3n) is 6.88. The zero-order valence-electron chi connectivity index (χ0n) is 19.9. The number of methoxy groups -OCH3 is 1. The summed E-state index contributed by atoms with van der Waals surface area (Å²) in [5.74, 6) is -1.69. The van der Waals surface area contributed by atoms with Crippen LogP contribution in [0.2, 0.25) is 0 Å². The molecule has 5 rings (SSSR count). The number of amides is 1. The van der Waals surface area contributed by atoms with Crippen LogP contribution in [0, 0.1) is 11.2 Å². The summed E-state index contributed by atoms with van der Waals surface area (Å²) in [6.45, 7) is 2.76. The highest BCUT2D eigenvalue weighted by molar-refractivity contribution is 5.98. The van der Waals surface area contributed by atoms with Crippen LogP contribution in [0.15, 0.2) is 59.0 Å². The topological polar surface area (TPSA) is 42.7 Å². The molecule has 36 heavy (non-hydrogen) atoms. The summed E-state index contributed by atoms with van der Waals surface area (Å²) in [5.41, 5.74) is 1.25. The Balaban J connectivity index is 1.57. The first-order valence-electron chi connectivity index (χ1n) is 11.7. The monoisotopic (exact) mass is 499 g/mol. The van der Waals surface area contributed by atoms with E-state index in [2.05, 4.69) is 19.1 Å². The summed E-state index contributed by atoms with van der Waals surface area (Å²) in [7, 11) is 1.45. The standard InChI is InChI=1S/C28H25F4NO3/c1-27(11-12-27)10-9-24(34)33-13-5-6-17(16-33)19-14-20(18-7-3-4-8-22(18)35-2)26-21(25(19)29)15-23(36-26)28(30,31)32/h3-4,6-8,11-12,14-15H,5,9-10,13,16H2,1-2H3. The lowest BCUT2D eigenvalue weighted by atomic mass is 9.93. The van der Waals surface area contributed by atoms with Crippen molar-refractivity contribution in [2.75, 3.05) is 20.2 Å².